The topological polar surface area (TPSA) is 15.3 Å². The van der Waals surface area contributed by atoms with Gasteiger partial charge in [0.05, 0.1) is 0 Å². The fourth-order valence-corrected chi connectivity index (χ4v) is 4.54. The Balaban J connectivity index is 1.65. The fourth-order valence-electron chi connectivity index (χ4n) is 4.34. The van der Waals surface area contributed by atoms with Crippen LogP contribution in [0.5, 0.6) is 0 Å². The SMILES string of the molecule is CN1CCC(NC[C@@H](c2cccc(Cl)c2)C2CCCCC2)CC1. The summed E-state index contributed by atoms with van der Waals surface area (Å²) < 4.78 is 0. The van der Waals surface area contributed by atoms with Gasteiger partial charge in [-0.05, 0) is 75.4 Å². The van der Waals surface area contributed by atoms with Crippen molar-refractivity contribution in [3.8, 4) is 0 Å². The minimum atomic E-state index is 0.619. The van der Waals surface area contributed by atoms with E-state index in [0.717, 1.165) is 17.5 Å². The number of piperidine rings is 1. The molecular weight excluding hydrogens is 304 g/mol. The van der Waals surface area contributed by atoms with Crippen molar-refractivity contribution in [3.05, 3.63) is 34.9 Å². The number of nitrogens with zero attached hydrogens (tertiary/aromatic N) is 1. The molecule has 0 radical (unpaired) electrons. The number of nitrogens with one attached hydrogen (secondary N) is 1. The van der Waals surface area contributed by atoms with Crippen LogP contribution in [0.4, 0.5) is 0 Å². The largest absolute Gasteiger partial charge is 0.313 e. The highest BCUT2D eigenvalue weighted by Crippen LogP contribution is 2.36. The molecule has 1 aromatic rings. The number of hydrogen-bond donors (Lipinski definition) is 1. The number of benzene rings is 1. The van der Waals surface area contributed by atoms with E-state index in [1.54, 1.807) is 0 Å². The first-order chi connectivity index (χ1) is 11.2. The summed E-state index contributed by atoms with van der Waals surface area (Å²) in [6.45, 7) is 3.56. The third kappa shape index (κ3) is 4.95. The Morgan fingerprint density at radius 1 is 1.13 bits per heavy atom. The zero-order valence-electron chi connectivity index (χ0n) is 14.4. The molecule has 0 unspecified atom stereocenters. The summed E-state index contributed by atoms with van der Waals surface area (Å²) in [5.41, 5.74) is 1.44. The highest BCUT2D eigenvalue weighted by Gasteiger charge is 2.26. The number of halogens is 1. The molecule has 2 nitrogen and oxygen atoms in total. The smallest absolute Gasteiger partial charge is 0.0408 e. The molecule has 2 fully saturated rings. The van der Waals surface area contributed by atoms with Crippen LogP contribution in [0, 0.1) is 5.92 Å². The molecule has 1 aliphatic carbocycles. The van der Waals surface area contributed by atoms with E-state index in [0.29, 0.717) is 12.0 Å². The lowest BCUT2D eigenvalue weighted by molar-refractivity contribution is 0.223. The van der Waals surface area contributed by atoms with Crippen molar-refractivity contribution in [1.29, 1.82) is 0 Å². The lowest BCUT2D eigenvalue weighted by atomic mass is 9.76. The second-order valence-electron chi connectivity index (χ2n) is 7.55. The van der Waals surface area contributed by atoms with Crippen molar-refractivity contribution in [2.24, 2.45) is 5.92 Å². The summed E-state index contributed by atoms with van der Waals surface area (Å²) in [6, 6.07) is 9.27. The second kappa shape index (κ2) is 8.50. The summed E-state index contributed by atoms with van der Waals surface area (Å²) in [4.78, 5) is 2.44. The van der Waals surface area contributed by atoms with E-state index in [1.165, 1.54) is 63.6 Å². The van der Waals surface area contributed by atoms with Crippen LogP contribution in [-0.2, 0) is 0 Å². The van der Waals surface area contributed by atoms with Crippen LogP contribution in [0.15, 0.2) is 24.3 Å². The highest BCUT2D eigenvalue weighted by atomic mass is 35.5. The molecule has 1 saturated heterocycles. The van der Waals surface area contributed by atoms with Crippen LogP contribution in [-0.4, -0.2) is 37.6 Å². The van der Waals surface area contributed by atoms with E-state index in [4.69, 9.17) is 11.6 Å². The van der Waals surface area contributed by atoms with Crippen LogP contribution in [0.2, 0.25) is 5.02 Å². The van der Waals surface area contributed by atoms with E-state index in [2.05, 4.69) is 35.5 Å². The summed E-state index contributed by atoms with van der Waals surface area (Å²) in [6.07, 6.45) is 9.54. The maximum atomic E-state index is 6.27. The van der Waals surface area contributed by atoms with Crippen molar-refractivity contribution in [2.75, 3.05) is 26.7 Å². The first kappa shape index (κ1) is 17.3. The monoisotopic (exact) mass is 334 g/mol. The van der Waals surface area contributed by atoms with Gasteiger partial charge in [0.15, 0.2) is 0 Å². The van der Waals surface area contributed by atoms with Crippen LogP contribution >= 0.6 is 11.6 Å². The van der Waals surface area contributed by atoms with Crippen molar-refractivity contribution in [2.45, 2.75) is 56.9 Å². The second-order valence-corrected chi connectivity index (χ2v) is 7.98. The van der Waals surface area contributed by atoms with Crippen LogP contribution < -0.4 is 5.32 Å². The van der Waals surface area contributed by atoms with Crippen molar-refractivity contribution in [3.63, 3.8) is 0 Å². The minimum absolute atomic E-state index is 0.619. The average Bonchev–Trinajstić information content (AvgIpc) is 2.58. The first-order valence-corrected chi connectivity index (χ1v) is 9.77. The third-order valence-electron chi connectivity index (χ3n) is 5.84. The summed E-state index contributed by atoms with van der Waals surface area (Å²) >= 11 is 6.27. The van der Waals surface area contributed by atoms with Gasteiger partial charge in [0.2, 0.25) is 0 Å². The van der Waals surface area contributed by atoms with Crippen LogP contribution in [0.25, 0.3) is 0 Å². The molecule has 0 bridgehead atoms. The molecule has 0 amide bonds. The Bertz CT molecular complexity index is 476. The average molecular weight is 335 g/mol. The Kier molecular flexibility index (Phi) is 6.38. The number of hydrogen-bond acceptors (Lipinski definition) is 2. The molecule has 0 aromatic heterocycles. The van der Waals surface area contributed by atoms with Gasteiger partial charge in [-0.2, -0.15) is 0 Å². The molecule has 1 aromatic carbocycles. The molecule has 1 atom stereocenters. The zero-order valence-corrected chi connectivity index (χ0v) is 15.2. The predicted molar refractivity (Wildman–Crippen MR) is 99.3 cm³/mol. The Labute approximate surface area is 146 Å². The van der Waals surface area contributed by atoms with E-state index < -0.39 is 0 Å². The molecule has 1 N–H and O–H groups in total. The summed E-state index contributed by atoms with van der Waals surface area (Å²) in [7, 11) is 2.23. The highest BCUT2D eigenvalue weighted by molar-refractivity contribution is 6.30. The van der Waals surface area contributed by atoms with E-state index in [9.17, 15) is 0 Å². The van der Waals surface area contributed by atoms with E-state index >= 15 is 0 Å². The van der Waals surface area contributed by atoms with Gasteiger partial charge < -0.3 is 10.2 Å². The standard InChI is InChI=1S/C20H31ClN2/c1-23-12-10-19(11-13-23)22-15-20(16-6-3-2-4-7-16)17-8-5-9-18(21)14-17/h5,8-9,14,16,19-20,22H,2-4,6-7,10-13,15H2,1H3/t20-/m1/s1. The van der Waals surface area contributed by atoms with Gasteiger partial charge in [0.1, 0.15) is 0 Å². The predicted octanol–water partition coefficient (Wildman–Crippen LogP) is 4.69. The number of rotatable bonds is 5. The van der Waals surface area contributed by atoms with Gasteiger partial charge in [-0.15, -0.1) is 0 Å². The molecule has 1 heterocycles. The lowest BCUT2D eigenvalue weighted by Gasteiger charge is -2.34. The Hall–Kier alpha value is -0.570. The van der Waals surface area contributed by atoms with Crippen LogP contribution in [0.1, 0.15) is 56.4 Å². The fraction of sp³-hybridized carbons (Fsp3) is 0.700. The van der Waals surface area contributed by atoms with Gasteiger partial charge in [0, 0.05) is 17.6 Å². The Morgan fingerprint density at radius 3 is 2.57 bits per heavy atom. The van der Waals surface area contributed by atoms with Gasteiger partial charge in [0.25, 0.3) is 0 Å². The lowest BCUT2D eigenvalue weighted by Crippen LogP contribution is -2.43. The molecule has 0 spiro atoms. The molecular formula is C20H31ClN2. The Morgan fingerprint density at radius 2 is 1.87 bits per heavy atom. The van der Waals surface area contributed by atoms with Gasteiger partial charge in [-0.25, -0.2) is 0 Å². The quantitative estimate of drug-likeness (QED) is 0.840. The van der Waals surface area contributed by atoms with Gasteiger partial charge in [-0.3, -0.25) is 0 Å². The molecule has 3 heteroatoms. The van der Waals surface area contributed by atoms with Gasteiger partial charge in [-0.1, -0.05) is 43.0 Å². The van der Waals surface area contributed by atoms with E-state index in [1.807, 2.05) is 6.07 Å². The first-order valence-electron chi connectivity index (χ1n) is 9.40. The normalized spacial score (nSPS) is 23.0. The molecule has 1 aliphatic heterocycles. The zero-order chi connectivity index (χ0) is 16.1. The molecule has 128 valence electrons. The third-order valence-corrected chi connectivity index (χ3v) is 6.08. The maximum Gasteiger partial charge on any atom is 0.0408 e. The van der Waals surface area contributed by atoms with Gasteiger partial charge >= 0.3 is 0 Å². The summed E-state index contributed by atoms with van der Waals surface area (Å²) in [5.74, 6) is 1.44. The molecule has 23 heavy (non-hydrogen) atoms. The molecule has 1 saturated carbocycles. The van der Waals surface area contributed by atoms with Crippen LogP contribution in [0.3, 0.4) is 0 Å². The maximum absolute atomic E-state index is 6.27. The minimum Gasteiger partial charge on any atom is -0.313 e. The molecule has 2 aliphatic rings. The van der Waals surface area contributed by atoms with Crippen molar-refractivity contribution >= 4 is 11.6 Å². The number of likely N-dealkylation sites (tertiary alicyclic amines) is 1. The van der Waals surface area contributed by atoms with Crippen molar-refractivity contribution in [1.82, 2.24) is 10.2 Å². The van der Waals surface area contributed by atoms with E-state index in [-0.39, 0.29) is 0 Å². The van der Waals surface area contributed by atoms with Crippen molar-refractivity contribution < 1.29 is 0 Å². The summed E-state index contributed by atoms with van der Waals surface area (Å²) in [5, 5.41) is 4.77. The molecule has 3 rings (SSSR count).